The second-order valence-corrected chi connectivity index (χ2v) is 7.68. The van der Waals surface area contributed by atoms with Crippen LogP contribution in [0.1, 0.15) is 39.3 Å². The summed E-state index contributed by atoms with van der Waals surface area (Å²) in [6.45, 7) is 4.57. The molecule has 32 heavy (non-hydrogen) atoms. The van der Waals surface area contributed by atoms with E-state index in [0.717, 1.165) is 0 Å². The zero-order chi connectivity index (χ0) is 24.4. The van der Waals surface area contributed by atoms with Gasteiger partial charge in [-0.3, -0.25) is 19.2 Å². The topological polar surface area (TPSA) is 217 Å². The Bertz CT molecular complexity index is 811. The van der Waals surface area contributed by atoms with Gasteiger partial charge in [-0.15, -0.1) is 0 Å². The molecule has 8 N–H and O–H groups in total. The van der Waals surface area contributed by atoms with Crippen molar-refractivity contribution in [3.8, 4) is 0 Å². The van der Waals surface area contributed by atoms with Crippen LogP contribution in [0.5, 0.6) is 0 Å². The molecule has 0 aliphatic rings. The molecule has 0 aromatic carbocycles. The molecule has 0 bridgehead atoms. The van der Waals surface area contributed by atoms with Crippen molar-refractivity contribution in [2.24, 2.45) is 11.7 Å². The maximum Gasteiger partial charge on any atom is 0.326 e. The summed E-state index contributed by atoms with van der Waals surface area (Å²) in [5.74, 6) is -5.01. The number of aromatic amines is 1. The van der Waals surface area contributed by atoms with E-state index in [1.807, 2.05) is 0 Å². The van der Waals surface area contributed by atoms with E-state index < -0.39 is 66.2 Å². The van der Waals surface area contributed by atoms with E-state index >= 15 is 0 Å². The molecule has 3 amide bonds. The minimum absolute atomic E-state index is 0.115. The fraction of sp³-hybridized carbons (Fsp3) is 0.579. The predicted octanol–water partition coefficient (Wildman–Crippen LogP) is -1.64. The lowest BCUT2D eigenvalue weighted by molar-refractivity contribution is -0.143. The maximum atomic E-state index is 12.6. The van der Waals surface area contributed by atoms with Gasteiger partial charge >= 0.3 is 11.9 Å². The van der Waals surface area contributed by atoms with Crippen LogP contribution in [0.4, 0.5) is 0 Å². The first-order valence-electron chi connectivity index (χ1n) is 10.0. The molecular formula is C19H30N6O7. The quantitative estimate of drug-likeness (QED) is 0.181. The first-order valence-corrected chi connectivity index (χ1v) is 10.0. The number of carbonyl (C=O) groups is 5. The molecular weight excluding hydrogens is 424 g/mol. The molecule has 178 valence electrons. The van der Waals surface area contributed by atoms with E-state index in [-0.39, 0.29) is 12.8 Å². The van der Waals surface area contributed by atoms with Crippen LogP contribution in [0.3, 0.4) is 0 Å². The summed E-state index contributed by atoms with van der Waals surface area (Å²) >= 11 is 0. The van der Waals surface area contributed by atoms with Crippen molar-refractivity contribution < 1.29 is 34.2 Å². The number of rotatable bonds is 13. The standard InChI is InChI=1S/C19H30N6O7/c1-9(2)15(19(31)32)25-16(28)10(3)23-18(30)13(4-5-14(26)27)24-17(29)12(20)6-11-7-21-8-22-11/h7-10,12-13,15H,4-6,20H2,1-3H3,(H,21,22)(H,23,30)(H,24,29)(H,25,28)(H,26,27)(H,31,32). The summed E-state index contributed by atoms with van der Waals surface area (Å²) in [6, 6.07) is -4.57. The highest BCUT2D eigenvalue weighted by Gasteiger charge is 2.29. The molecule has 4 atom stereocenters. The number of nitrogens with zero attached hydrogens (tertiary/aromatic N) is 1. The van der Waals surface area contributed by atoms with Crippen LogP contribution < -0.4 is 21.7 Å². The van der Waals surface area contributed by atoms with Crippen molar-refractivity contribution in [3.63, 3.8) is 0 Å². The summed E-state index contributed by atoms with van der Waals surface area (Å²) in [4.78, 5) is 66.1. The predicted molar refractivity (Wildman–Crippen MR) is 111 cm³/mol. The molecule has 0 radical (unpaired) electrons. The van der Waals surface area contributed by atoms with Crippen LogP contribution in [0.2, 0.25) is 0 Å². The Balaban J connectivity index is 2.78. The van der Waals surface area contributed by atoms with Gasteiger partial charge in [0.1, 0.15) is 18.1 Å². The summed E-state index contributed by atoms with van der Waals surface area (Å²) in [6.07, 6.45) is 2.38. The van der Waals surface area contributed by atoms with Gasteiger partial charge in [0, 0.05) is 24.7 Å². The fourth-order valence-electron chi connectivity index (χ4n) is 2.71. The van der Waals surface area contributed by atoms with Gasteiger partial charge in [0.05, 0.1) is 12.4 Å². The molecule has 1 heterocycles. The van der Waals surface area contributed by atoms with Crippen molar-refractivity contribution in [1.29, 1.82) is 0 Å². The third-order valence-electron chi connectivity index (χ3n) is 4.59. The molecule has 13 heteroatoms. The number of aromatic nitrogens is 2. The number of amides is 3. The number of hydrogen-bond donors (Lipinski definition) is 7. The molecule has 1 rings (SSSR count). The molecule has 0 saturated heterocycles. The number of imidazole rings is 1. The van der Waals surface area contributed by atoms with Crippen LogP contribution in [-0.2, 0) is 30.4 Å². The Morgan fingerprint density at radius 3 is 2.19 bits per heavy atom. The Kier molecular flexibility index (Phi) is 10.3. The van der Waals surface area contributed by atoms with E-state index in [4.69, 9.17) is 10.8 Å². The first-order chi connectivity index (χ1) is 14.9. The summed E-state index contributed by atoms with van der Waals surface area (Å²) in [5.41, 5.74) is 6.45. The van der Waals surface area contributed by atoms with Crippen molar-refractivity contribution in [2.75, 3.05) is 0 Å². The molecule has 0 spiro atoms. The van der Waals surface area contributed by atoms with Crippen molar-refractivity contribution in [2.45, 2.75) is 64.2 Å². The number of nitrogens with two attached hydrogens (primary N) is 1. The van der Waals surface area contributed by atoms with Gasteiger partial charge in [0.2, 0.25) is 17.7 Å². The average Bonchev–Trinajstić information content (AvgIpc) is 3.20. The first kappa shape index (κ1) is 26.6. The van der Waals surface area contributed by atoms with E-state index in [9.17, 15) is 29.1 Å². The number of carbonyl (C=O) groups excluding carboxylic acids is 3. The summed E-state index contributed by atoms with van der Waals surface area (Å²) < 4.78 is 0. The minimum Gasteiger partial charge on any atom is -0.481 e. The molecule has 0 saturated carbocycles. The van der Waals surface area contributed by atoms with Crippen molar-refractivity contribution >= 4 is 29.7 Å². The molecule has 0 fully saturated rings. The highest BCUT2D eigenvalue weighted by Crippen LogP contribution is 2.04. The Hall–Kier alpha value is -3.48. The fourth-order valence-corrected chi connectivity index (χ4v) is 2.71. The van der Waals surface area contributed by atoms with Gasteiger partial charge < -0.3 is 36.9 Å². The molecule has 0 aliphatic heterocycles. The maximum absolute atomic E-state index is 12.6. The monoisotopic (exact) mass is 454 g/mol. The zero-order valence-electron chi connectivity index (χ0n) is 18.1. The highest BCUT2D eigenvalue weighted by molar-refractivity contribution is 5.94. The largest absolute Gasteiger partial charge is 0.481 e. The van der Waals surface area contributed by atoms with Crippen molar-refractivity contribution in [3.05, 3.63) is 18.2 Å². The van der Waals surface area contributed by atoms with E-state index in [0.29, 0.717) is 5.69 Å². The second-order valence-electron chi connectivity index (χ2n) is 7.68. The zero-order valence-corrected chi connectivity index (χ0v) is 18.1. The molecule has 1 aromatic heterocycles. The van der Waals surface area contributed by atoms with Gasteiger partial charge in [0.15, 0.2) is 0 Å². The number of nitrogens with one attached hydrogen (secondary N) is 4. The molecule has 0 aliphatic carbocycles. The van der Waals surface area contributed by atoms with Crippen LogP contribution in [0, 0.1) is 5.92 Å². The number of hydrogen-bond acceptors (Lipinski definition) is 7. The van der Waals surface area contributed by atoms with Crippen LogP contribution in [0.25, 0.3) is 0 Å². The summed E-state index contributed by atoms with van der Waals surface area (Å²) in [7, 11) is 0. The normalized spacial score (nSPS) is 14.7. The third-order valence-corrected chi connectivity index (χ3v) is 4.59. The van der Waals surface area contributed by atoms with Gasteiger partial charge in [0.25, 0.3) is 0 Å². The van der Waals surface area contributed by atoms with Gasteiger partial charge in [-0.1, -0.05) is 13.8 Å². The minimum atomic E-state index is -1.26. The highest BCUT2D eigenvalue weighted by atomic mass is 16.4. The van der Waals surface area contributed by atoms with Crippen LogP contribution in [-0.4, -0.2) is 74.0 Å². The number of carboxylic acids is 2. The van der Waals surface area contributed by atoms with E-state index in [1.54, 1.807) is 13.8 Å². The Morgan fingerprint density at radius 2 is 1.69 bits per heavy atom. The molecule has 13 nitrogen and oxygen atoms in total. The lowest BCUT2D eigenvalue weighted by Gasteiger charge is -2.24. The van der Waals surface area contributed by atoms with Gasteiger partial charge in [-0.2, -0.15) is 0 Å². The lowest BCUT2D eigenvalue weighted by atomic mass is 10.0. The van der Waals surface area contributed by atoms with Gasteiger partial charge in [-0.25, -0.2) is 9.78 Å². The van der Waals surface area contributed by atoms with E-state index in [1.165, 1.54) is 19.4 Å². The molecule has 1 aromatic rings. The Morgan fingerprint density at radius 1 is 1.03 bits per heavy atom. The van der Waals surface area contributed by atoms with E-state index in [2.05, 4.69) is 25.9 Å². The number of H-pyrrole nitrogens is 1. The van der Waals surface area contributed by atoms with Gasteiger partial charge in [-0.05, 0) is 19.3 Å². The molecule has 4 unspecified atom stereocenters. The Labute approximate surface area is 184 Å². The second kappa shape index (κ2) is 12.4. The number of aliphatic carboxylic acids is 2. The number of carboxylic acid groups (broad SMARTS) is 2. The van der Waals surface area contributed by atoms with Crippen LogP contribution >= 0.6 is 0 Å². The lowest BCUT2D eigenvalue weighted by Crippen LogP contribution is -2.57. The average molecular weight is 454 g/mol. The third kappa shape index (κ3) is 8.71. The van der Waals surface area contributed by atoms with Crippen LogP contribution in [0.15, 0.2) is 12.5 Å². The summed E-state index contributed by atoms with van der Waals surface area (Å²) in [5, 5.41) is 25.2. The SMILES string of the molecule is CC(NC(=O)C(CCC(=O)O)NC(=O)C(N)Cc1cnc[nH]1)C(=O)NC(C(=O)O)C(C)C. The smallest absolute Gasteiger partial charge is 0.326 e. The van der Waals surface area contributed by atoms with Crippen molar-refractivity contribution in [1.82, 2.24) is 25.9 Å².